The molecular weight excluding hydrogens is 260 g/mol. The molecule has 2 fully saturated rings. The monoisotopic (exact) mass is 284 g/mol. The highest BCUT2D eigenvalue weighted by Crippen LogP contribution is 2.20. The van der Waals surface area contributed by atoms with E-state index in [2.05, 4.69) is 6.92 Å². The number of carbonyl (C=O) groups excluding carboxylic acids is 1. The summed E-state index contributed by atoms with van der Waals surface area (Å²) in [6.07, 6.45) is 2.84. The van der Waals surface area contributed by atoms with E-state index < -0.39 is 5.97 Å². The predicted octanol–water partition coefficient (Wildman–Crippen LogP) is 1.40. The number of carboxylic acid groups (broad SMARTS) is 1. The van der Waals surface area contributed by atoms with Crippen molar-refractivity contribution in [1.82, 2.24) is 9.80 Å². The first kappa shape index (κ1) is 15.1. The number of likely N-dealkylation sites (tertiary alicyclic amines) is 2. The number of ether oxygens (including phenoxy) is 1. The maximum atomic E-state index is 12.3. The summed E-state index contributed by atoms with van der Waals surface area (Å²) in [7, 11) is 0. The fraction of sp³-hybridized carbons (Fsp3) is 0.857. The average Bonchev–Trinajstić information content (AvgIpc) is 2.85. The van der Waals surface area contributed by atoms with Crippen LogP contribution in [0.3, 0.4) is 0 Å². The smallest absolute Gasteiger partial charge is 0.320 e. The summed E-state index contributed by atoms with van der Waals surface area (Å²) >= 11 is 0. The van der Waals surface area contributed by atoms with E-state index in [0.29, 0.717) is 19.0 Å². The van der Waals surface area contributed by atoms with Crippen molar-refractivity contribution in [3.8, 4) is 0 Å². The van der Waals surface area contributed by atoms with Crippen LogP contribution in [0.15, 0.2) is 0 Å². The standard InChI is InChI=1S/C14H24N2O4/c1-11-2-6-16(10-11)14(19)15-7-3-12(4-8-15)20-9-5-13(17)18/h11-12H,2-10H2,1H3,(H,17,18). The molecule has 0 saturated carbocycles. The van der Waals surface area contributed by atoms with Gasteiger partial charge in [-0.25, -0.2) is 4.79 Å². The van der Waals surface area contributed by atoms with Crippen molar-refractivity contribution in [2.75, 3.05) is 32.8 Å². The maximum Gasteiger partial charge on any atom is 0.320 e. The van der Waals surface area contributed by atoms with Crippen LogP contribution in [0.25, 0.3) is 0 Å². The van der Waals surface area contributed by atoms with E-state index in [1.165, 1.54) is 0 Å². The summed E-state index contributed by atoms with van der Waals surface area (Å²) in [6.45, 7) is 5.60. The molecule has 1 atom stereocenters. The summed E-state index contributed by atoms with van der Waals surface area (Å²) in [5, 5.41) is 8.56. The van der Waals surface area contributed by atoms with Crippen molar-refractivity contribution >= 4 is 12.0 Å². The Balaban J connectivity index is 1.68. The van der Waals surface area contributed by atoms with E-state index >= 15 is 0 Å². The molecule has 0 aromatic heterocycles. The van der Waals surface area contributed by atoms with Gasteiger partial charge in [-0.2, -0.15) is 0 Å². The van der Waals surface area contributed by atoms with Crippen LogP contribution in [0.2, 0.25) is 0 Å². The van der Waals surface area contributed by atoms with Gasteiger partial charge in [0.05, 0.1) is 19.1 Å². The first-order chi connectivity index (χ1) is 9.56. The van der Waals surface area contributed by atoms with E-state index in [-0.39, 0.29) is 25.2 Å². The average molecular weight is 284 g/mol. The molecule has 1 unspecified atom stereocenters. The van der Waals surface area contributed by atoms with Crippen LogP contribution in [-0.2, 0) is 9.53 Å². The Morgan fingerprint density at radius 3 is 2.35 bits per heavy atom. The summed E-state index contributed by atoms with van der Waals surface area (Å²) in [5.41, 5.74) is 0. The van der Waals surface area contributed by atoms with E-state index in [1.807, 2.05) is 9.80 Å². The lowest BCUT2D eigenvalue weighted by Gasteiger charge is -2.34. The molecule has 1 N–H and O–H groups in total. The van der Waals surface area contributed by atoms with Gasteiger partial charge in [-0.15, -0.1) is 0 Å². The fourth-order valence-electron chi connectivity index (χ4n) is 2.84. The van der Waals surface area contributed by atoms with Gasteiger partial charge in [-0.3, -0.25) is 4.79 Å². The number of amides is 2. The first-order valence-electron chi connectivity index (χ1n) is 7.43. The Kier molecular flexibility index (Phi) is 5.23. The second-order valence-corrected chi connectivity index (χ2v) is 5.82. The molecule has 0 aliphatic carbocycles. The lowest BCUT2D eigenvalue weighted by Crippen LogP contribution is -2.47. The van der Waals surface area contributed by atoms with Crippen molar-refractivity contribution in [2.45, 2.75) is 38.7 Å². The van der Waals surface area contributed by atoms with Crippen LogP contribution in [0.1, 0.15) is 32.6 Å². The SMILES string of the molecule is CC1CCN(C(=O)N2CCC(OCCC(=O)O)CC2)C1. The molecule has 2 heterocycles. The number of hydrogen-bond acceptors (Lipinski definition) is 3. The van der Waals surface area contributed by atoms with Crippen LogP contribution >= 0.6 is 0 Å². The maximum absolute atomic E-state index is 12.3. The quantitative estimate of drug-likeness (QED) is 0.847. The summed E-state index contributed by atoms with van der Waals surface area (Å²) in [5.74, 6) is -0.225. The molecule has 114 valence electrons. The Morgan fingerprint density at radius 1 is 1.15 bits per heavy atom. The van der Waals surface area contributed by atoms with E-state index in [1.54, 1.807) is 0 Å². The summed E-state index contributed by atoms with van der Waals surface area (Å²) < 4.78 is 5.53. The first-order valence-corrected chi connectivity index (χ1v) is 7.43. The van der Waals surface area contributed by atoms with E-state index in [0.717, 1.165) is 32.4 Å². The summed E-state index contributed by atoms with van der Waals surface area (Å²) in [4.78, 5) is 26.5. The highest BCUT2D eigenvalue weighted by molar-refractivity contribution is 5.74. The minimum atomic E-state index is -0.833. The molecule has 2 rings (SSSR count). The van der Waals surface area contributed by atoms with Crippen LogP contribution in [0.4, 0.5) is 4.79 Å². The number of nitrogens with zero attached hydrogens (tertiary/aromatic N) is 2. The Morgan fingerprint density at radius 2 is 1.80 bits per heavy atom. The molecule has 0 aromatic carbocycles. The van der Waals surface area contributed by atoms with Gasteiger partial charge in [0.1, 0.15) is 0 Å². The molecular formula is C14H24N2O4. The molecule has 2 aliphatic heterocycles. The van der Waals surface area contributed by atoms with Crippen molar-refractivity contribution in [3.05, 3.63) is 0 Å². The number of aliphatic carboxylic acids is 1. The Hall–Kier alpha value is -1.30. The zero-order valence-corrected chi connectivity index (χ0v) is 12.1. The second kappa shape index (κ2) is 6.92. The van der Waals surface area contributed by atoms with E-state index in [4.69, 9.17) is 9.84 Å². The van der Waals surface area contributed by atoms with E-state index in [9.17, 15) is 9.59 Å². The number of urea groups is 1. The highest BCUT2D eigenvalue weighted by Gasteiger charge is 2.30. The number of hydrogen-bond donors (Lipinski definition) is 1. The number of piperidine rings is 1. The summed E-state index contributed by atoms with van der Waals surface area (Å²) in [6, 6.07) is 0.151. The predicted molar refractivity (Wildman–Crippen MR) is 73.5 cm³/mol. The zero-order valence-electron chi connectivity index (χ0n) is 12.1. The lowest BCUT2D eigenvalue weighted by molar-refractivity contribution is -0.138. The molecule has 20 heavy (non-hydrogen) atoms. The van der Waals surface area contributed by atoms with Crippen LogP contribution in [0, 0.1) is 5.92 Å². The minimum absolute atomic E-state index is 0.0464. The molecule has 0 aromatic rings. The number of rotatable bonds is 4. The molecule has 2 amide bonds. The van der Waals surface area contributed by atoms with Gasteiger partial charge in [0, 0.05) is 26.2 Å². The van der Waals surface area contributed by atoms with Crippen LogP contribution in [0.5, 0.6) is 0 Å². The molecule has 6 nitrogen and oxygen atoms in total. The van der Waals surface area contributed by atoms with Crippen LogP contribution < -0.4 is 0 Å². The largest absolute Gasteiger partial charge is 0.481 e. The molecule has 2 aliphatic rings. The molecule has 0 radical (unpaired) electrons. The molecule has 0 bridgehead atoms. The molecule has 2 saturated heterocycles. The van der Waals surface area contributed by atoms with Gasteiger partial charge in [-0.1, -0.05) is 6.92 Å². The Labute approximate surface area is 119 Å². The highest BCUT2D eigenvalue weighted by atomic mass is 16.5. The number of carboxylic acids is 1. The number of carbonyl (C=O) groups is 2. The van der Waals surface area contributed by atoms with Gasteiger partial charge in [0.25, 0.3) is 0 Å². The van der Waals surface area contributed by atoms with Crippen molar-refractivity contribution in [1.29, 1.82) is 0 Å². The van der Waals surface area contributed by atoms with Gasteiger partial charge in [0.2, 0.25) is 0 Å². The third-order valence-corrected chi connectivity index (χ3v) is 4.08. The van der Waals surface area contributed by atoms with Gasteiger partial charge in [0.15, 0.2) is 0 Å². The van der Waals surface area contributed by atoms with Crippen molar-refractivity contribution in [3.63, 3.8) is 0 Å². The second-order valence-electron chi connectivity index (χ2n) is 5.82. The topological polar surface area (TPSA) is 70.1 Å². The zero-order chi connectivity index (χ0) is 14.5. The third kappa shape index (κ3) is 4.10. The normalized spacial score (nSPS) is 24.1. The lowest BCUT2D eigenvalue weighted by atomic mass is 10.1. The Bertz CT molecular complexity index is 353. The third-order valence-electron chi connectivity index (χ3n) is 4.08. The van der Waals surface area contributed by atoms with Gasteiger partial charge in [-0.05, 0) is 25.2 Å². The molecule has 6 heteroatoms. The van der Waals surface area contributed by atoms with Crippen molar-refractivity contribution in [2.24, 2.45) is 5.92 Å². The van der Waals surface area contributed by atoms with Crippen molar-refractivity contribution < 1.29 is 19.4 Å². The fourth-order valence-corrected chi connectivity index (χ4v) is 2.84. The van der Waals surface area contributed by atoms with Gasteiger partial charge < -0.3 is 19.6 Å². The van der Waals surface area contributed by atoms with Crippen LogP contribution in [-0.4, -0.2) is 65.8 Å². The van der Waals surface area contributed by atoms with Gasteiger partial charge >= 0.3 is 12.0 Å². The molecule has 0 spiro atoms. The minimum Gasteiger partial charge on any atom is -0.481 e.